The maximum Gasteiger partial charge on any atom is 0.410 e. The van der Waals surface area contributed by atoms with Crippen LogP contribution < -0.4 is 0 Å². The van der Waals surface area contributed by atoms with E-state index < -0.39 is 5.60 Å². The van der Waals surface area contributed by atoms with Crippen LogP contribution in [-0.2, 0) is 4.74 Å². The summed E-state index contributed by atoms with van der Waals surface area (Å²) < 4.78 is 7.80. The first-order valence-corrected chi connectivity index (χ1v) is 9.75. The summed E-state index contributed by atoms with van der Waals surface area (Å²) in [6.45, 7) is 10.6. The molecule has 130 valence electrons. The highest BCUT2D eigenvalue weighted by Gasteiger charge is 2.47. The quantitative estimate of drug-likeness (QED) is 0.617. The molecule has 1 atom stereocenters. The average molecular weight is 411 g/mol. The molecule has 1 aromatic carbocycles. The predicted molar refractivity (Wildman–Crippen MR) is 102 cm³/mol. The monoisotopic (exact) mass is 410 g/mol. The van der Waals surface area contributed by atoms with E-state index in [1.807, 2.05) is 37.8 Å². The largest absolute Gasteiger partial charge is 0.444 e. The van der Waals surface area contributed by atoms with Crippen molar-refractivity contribution in [2.75, 3.05) is 6.54 Å². The van der Waals surface area contributed by atoms with Crippen molar-refractivity contribution in [3.05, 3.63) is 27.7 Å². The van der Waals surface area contributed by atoms with E-state index in [1.165, 1.54) is 4.70 Å². The zero-order valence-corrected chi connectivity index (χ0v) is 17.1. The van der Waals surface area contributed by atoms with Crippen LogP contribution in [0.5, 0.6) is 0 Å². The number of hydrogen-bond acceptors (Lipinski definition) is 4. The van der Waals surface area contributed by atoms with Crippen molar-refractivity contribution >= 4 is 43.6 Å². The van der Waals surface area contributed by atoms with E-state index in [0.717, 1.165) is 21.4 Å². The first kappa shape index (κ1) is 17.7. The molecule has 2 aromatic rings. The Kier molecular flexibility index (Phi) is 4.41. The second kappa shape index (κ2) is 5.99. The van der Waals surface area contributed by atoms with Crippen LogP contribution in [0.1, 0.15) is 52.0 Å². The minimum Gasteiger partial charge on any atom is -0.444 e. The molecule has 0 aliphatic carbocycles. The fraction of sp³-hybridized carbons (Fsp3) is 0.556. The lowest BCUT2D eigenvalue weighted by Crippen LogP contribution is -2.47. The summed E-state index contributed by atoms with van der Waals surface area (Å²) in [5.74, 6) is 0.223. The van der Waals surface area contributed by atoms with E-state index in [0.29, 0.717) is 6.54 Å². The van der Waals surface area contributed by atoms with Gasteiger partial charge in [0.05, 0.1) is 15.2 Å². The molecule has 0 bridgehead atoms. The summed E-state index contributed by atoms with van der Waals surface area (Å²) in [5, 5.41) is 1.10. The van der Waals surface area contributed by atoms with Gasteiger partial charge in [0, 0.05) is 22.5 Å². The number of carbonyl (C=O) groups excluding carboxylic acids is 1. The summed E-state index contributed by atoms with van der Waals surface area (Å²) in [4.78, 5) is 19.2. The van der Waals surface area contributed by atoms with Crippen LogP contribution in [0.3, 0.4) is 0 Å². The van der Waals surface area contributed by atoms with E-state index in [4.69, 9.17) is 9.72 Å². The van der Waals surface area contributed by atoms with E-state index in [9.17, 15) is 4.79 Å². The Labute approximate surface area is 155 Å². The number of thiazole rings is 1. The second-order valence-corrected chi connectivity index (χ2v) is 9.77. The van der Waals surface area contributed by atoms with Crippen LogP contribution >= 0.6 is 27.3 Å². The van der Waals surface area contributed by atoms with Crippen LogP contribution in [0.4, 0.5) is 4.79 Å². The molecule has 24 heavy (non-hydrogen) atoms. The molecule has 1 unspecified atom stereocenters. The van der Waals surface area contributed by atoms with Crippen molar-refractivity contribution in [1.29, 1.82) is 0 Å². The van der Waals surface area contributed by atoms with Crippen molar-refractivity contribution in [2.24, 2.45) is 0 Å². The zero-order chi connectivity index (χ0) is 17.7. The van der Waals surface area contributed by atoms with Crippen LogP contribution in [-0.4, -0.2) is 33.7 Å². The lowest BCUT2D eigenvalue weighted by molar-refractivity contribution is 0.0119. The smallest absolute Gasteiger partial charge is 0.410 e. The highest BCUT2D eigenvalue weighted by molar-refractivity contribution is 9.10. The number of carbonyl (C=O) groups is 1. The van der Waals surface area contributed by atoms with Crippen molar-refractivity contribution in [2.45, 2.75) is 58.1 Å². The molecule has 0 saturated carbocycles. The number of halogens is 1. The molecule has 1 saturated heterocycles. The summed E-state index contributed by atoms with van der Waals surface area (Å²) in [6, 6.07) is 6.17. The summed E-state index contributed by atoms with van der Waals surface area (Å²) in [5.41, 5.74) is 0.219. The van der Waals surface area contributed by atoms with Gasteiger partial charge < -0.3 is 9.64 Å². The number of benzene rings is 1. The first-order chi connectivity index (χ1) is 11.1. The van der Waals surface area contributed by atoms with Gasteiger partial charge in [-0.3, -0.25) is 0 Å². The highest BCUT2D eigenvalue weighted by atomic mass is 79.9. The topological polar surface area (TPSA) is 42.4 Å². The molecule has 0 N–H and O–H groups in total. The molecule has 1 aromatic heterocycles. The van der Waals surface area contributed by atoms with Crippen LogP contribution in [0.2, 0.25) is 0 Å². The number of hydrogen-bond donors (Lipinski definition) is 0. The van der Waals surface area contributed by atoms with E-state index in [2.05, 4.69) is 35.8 Å². The summed E-state index contributed by atoms with van der Waals surface area (Å²) in [6.07, 6.45) is 0.673. The Morgan fingerprint density at radius 1 is 1.42 bits per heavy atom. The molecule has 6 heteroatoms. The third-order valence-corrected chi connectivity index (χ3v) is 6.11. The minimum atomic E-state index is -0.479. The van der Waals surface area contributed by atoms with Crippen molar-refractivity contribution in [1.82, 2.24) is 9.88 Å². The van der Waals surface area contributed by atoms with Crippen LogP contribution in [0.15, 0.2) is 22.7 Å². The Morgan fingerprint density at radius 3 is 2.79 bits per heavy atom. The number of likely N-dealkylation sites (tertiary alicyclic amines) is 1. The Hall–Kier alpha value is -1.14. The van der Waals surface area contributed by atoms with Gasteiger partial charge in [0.1, 0.15) is 5.60 Å². The molecule has 1 aliphatic rings. The van der Waals surface area contributed by atoms with Gasteiger partial charge in [0.25, 0.3) is 0 Å². The molecular weight excluding hydrogens is 388 g/mol. The zero-order valence-electron chi connectivity index (χ0n) is 14.7. The fourth-order valence-electron chi connectivity index (χ4n) is 3.22. The molecule has 1 fully saturated rings. The van der Waals surface area contributed by atoms with Crippen molar-refractivity contribution in [3.8, 4) is 0 Å². The van der Waals surface area contributed by atoms with Gasteiger partial charge in [-0.1, -0.05) is 15.9 Å². The number of aromatic nitrogens is 1. The molecule has 0 radical (unpaired) electrons. The standard InChI is InChI=1S/C18H23BrN2O2S/c1-17(2,3)23-16(22)21-9-8-12(18(21,4)5)15-20-13-10-11(19)6-7-14(13)24-15/h6-7,10,12H,8-9H2,1-5H3. The van der Waals surface area contributed by atoms with Gasteiger partial charge >= 0.3 is 6.09 Å². The van der Waals surface area contributed by atoms with Gasteiger partial charge in [-0.05, 0) is 59.2 Å². The lowest BCUT2D eigenvalue weighted by atomic mass is 9.89. The highest BCUT2D eigenvalue weighted by Crippen LogP contribution is 2.44. The number of ether oxygens (including phenoxy) is 1. The number of fused-ring (bicyclic) bond motifs is 1. The first-order valence-electron chi connectivity index (χ1n) is 8.14. The summed E-state index contributed by atoms with van der Waals surface area (Å²) in [7, 11) is 0. The molecule has 1 amide bonds. The number of rotatable bonds is 1. The summed E-state index contributed by atoms with van der Waals surface area (Å²) >= 11 is 5.22. The average Bonchev–Trinajstić information content (AvgIpc) is 2.95. The third kappa shape index (κ3) is 3.31. The Bertz CT molecular complexity index is 779. The molecular formula is C18H23BrN2O2S. The maximum atomic E-state index is 12.6. The van der Waals surface area contributed by atoms with E-state index in [1.54, 1.807) is 11.3 Å². The Balaban J connectivity index is 1.88. The second-order valence-electron chi connectivity index (χ2n) is 7.79. The third-order valence-electron chi connectivity index (χ3n) is 4.47. The van der Waals surface area contributed by atoms with Gasteiger partial charge in [-0.25, -0.2) is 9.78 Å². The fourth-order valence-corrected chi connectivity index (χ4v) is 4.84. The molecule has 2 heterocycles. The molecule has 4 nitrogen and oxygen atoms in total. The number of amides is 1. The normalized spacial score (nSPS) is 20.6. The van der Waals surface area contributed by atoms with Gasteiger partial charge in [0.2, 0.25) is 0 Å². The predicted octanol–water partition coefficient (Wildman–Crippen LogP) is 5.56. The SMILES string of the molecule is CC(C)(C)OC(=O)N1CCC(c2nc3cc(Br)ccc3s2)C1(C)C. The van der Waals surface area contributed by atoms with Crippen molar-refractivity contribution in [3.63, 3.8) is 0 Å². The number of nitrogens with zero attached hydrogens (tertiary/aromatic N) is 2. The van der Waals surface area contributed by atoms with Crippen molar-refractivity contribution < 1.29 is 9.53 Å². The van der Waals surface area contributed by atoms with Crippen LogP contribution in [0.25, 0.3) is 10.2 Å². The van der Waals surface area contributed by atoms with E-state index in [-0.39, 0.29) is 17.6 Å². The van der Waals surface area contributed by atoms with Crippen LogP contribution in [0, 0.1) is 0 Å². The molecule has 1 aliphatic heterocycles. The lowest BCUT2D eigenvalue weighted by Gasteiger charge is -2.36. The molecule has 0 spiro atoms. The van der Waals surface area contributed by atoms with Gasteiger partial charge in [0.15, 0.2) is 0 Å². The van der Waals surface area contributed by atoms with E-state index >= 15 is 0 Å². The maximum absolute atomic E-state index is 12.6. The molecule has 3 rings (SSSR count). The van der Waals surface area contributed by atoms with Gasteiger partial charge in [-0.2, -0.15) is 0 Å². The minimum absolute atomic E-state index is 0.223. The Morgan fingerprint density at radius 2 is 2.12 bits per heavy atom. The van der Waals surface area contributed by atoms with Gasteiger partial charge in [-0.15, -0.1) is 11.3 Å².